The summed E-state index contributed by atoms with van der Waals surface area (Å²) in [4.78, 5) is 12.5. The Morgan fingerprint density at radius 3 is 2.78 bits per heavy atom. The SMILES string of the molecule is COc1ccc(OC)c(CN2CCC(Nc3nc4cccnc4s3)CC2)c1. The standard InChI is InChI=1S/C20H24N4O2S/c1-25-16-5-6-18(26-2)14(12-16)13-24-10-7-15(8-11-24)22-20-23-17-4-3-9-21-19(17)27-20/h3-6,9,12,15H,7-8,10-11,13H2,1-2H3,(H,22,23). The van der Waals surface area contributed by atoms with Gasteiger partial charge in [0.25, 0.3) is 0 Å². The van der Waals surface area contributed by atoms with Crippen LogP contribution >= 0.6 is 11.3 Å². The van der Waals surface area contributed by atoms with Gasteiger partial charge in [-0.1, -0.05) is 11.3 Å². The van der Waals surface area contributed by atoms with Crippen LogP contribution in [0.25, 0.3) is 10.3 Å². The first kappa shape index (κ1) is 18.0. The van der Waals surface area contributed by atoms with E-state index >= 15 is 0 Å². The molecule has 0 atom stereocenters. The monoisotopic (exact) mass is 384 g/mol. The van der Waals surface area contributed by atoms with Crippen molar-refractivity contribution >= 4 is 26.8 Å². The molecule has 1 aliphatic heterocycles. The van der Waals surface area contributed by atoms with Gasteiger partial charge in [-0.2, -0.15) is 0 Å². The maximum Gasteiger partial charge on any atom is 0.185 e. The molecule has 0 unspecified atom stereocenters. The Morgan fingerprint density at radius 2 is 2.04 bits per heavy atom. The van der Waals surface area contributed by atoms with E-state index in [0.717, 1.165) is 59.5 Å². The molecule has 3 aromatic rings. The van der Waals surface area contributed by atoms with Gasteiger partial charge in [-0.15, -0.1) is 0 Å². The number of hydrogen-bond acceptors (Lipinski definition) is 7. The second-order valence-electron chi connectivity index (χ2n) is 6.72. The van der Waals surface area contributed by atoms with Crippen LogP contribution in [0.2, 0.25) is 0 Å². The van der Waals surface area contributed by atoms with Crippen molar-refractivity contribution in [3.05, 3.63) is 42.1 Å². The molecule has 0 spiro atoms. The lowest BCUT2D eigenvalue weighted by molar-refractivity contribution is 0.208. The van der Waals surface area contributed by atoms with E-state index in [9.17, 15) is 0 Å². The number of piperidine rings is 1. The summed E-state index contributed by atoms with van der Waals surface area (Å²) in [6, 6.07) is 10.4. The first-order valence-electron chi connectivity index (χ1n) is 9.16. The minimum atomic E-state index is 0.453. The largest absolute Gasteiger partial charge is 0.497 e. The van der Waals surface area contributed by atoms with E-state index in [4.69, 9.17) is 9.47 Å². The Morgan fingerprint density at radius 1 is 1.19 bits per heavy atom. The van der Waals surface area contributed by atoms with Crippen molar-refractivity contribution in [1.82, 2.24) is 14.9 Å². The number of nitrogens with zero attached hydrogens (tertiary/aromatic N) is 3. The van der Waals surface area contributed by atoms with Gasteiger partial charge in [-0.05, 0) is 43.2 Å². The number of ether oxygens (including phenoxy) is 2. The van der Waals surface area contributed by atoms with E-state index < -0.39 is 0 Å². The molecule has 1 N–H and O–H groups in total. The third-order valence-corrected chi connectivity index (χ3v) is 5.87. The summed E-state index contributed by atoms with van der Waals surface area (Å²) in [7, 11) is 3.41. The zero-order valence-corrected chi connectivity index (χ0v) is 16.5. The zero-order chi connectivity index (χ0) is 18.6. The number of nitrogens with one attached hydrogen (secondary N) is 1. The predicted octanol–water partition coefficient (Wildman–Crippen LogP) is 3.79. The third-order valence-electron chi connectivity index (χ3n) is 4.96. The highest BCUT2D eigenvalue weighted by Crippen LogP contribution is 2.28. The van der Waals surface area contributed by atoms with Gasteiger partial charge in [0.2, 0.25) is 0 Å². The van der Waals surface area contributed by atoms with Gasteiger partial charge in [-0.25, -0.2) is 9.97 Å². The van der Waals surface area contributed by atoms with Gasteiger partial charge in [0.15, 0.2) is 5.13 Å². The van der Waals surface area contributed by atoms with Gasteiger partial charge in [0.1, 0.15) is 21.8 Å². The summed E-state index contributed by atoms with van der Waals surface area (Å²) < 4.78 is 10.9. The average molecular weight is 385 g/mol. The number of fused-ring (bicyclic) bond motifs is 1. The highest BCUT2D eigenvalue weighted by molar-refractivity contribution is 7.21. The topological polar surface area (TPSA) is 59.5 Å². The predicted molar refractivity (Wildman–Crippen MR) is 109 cm³/mol. The molecule has 3 heterocycles. The lowest BCUT2D eigenvalue weighted by Crippen LogP contribution is -2.38. The molecule has 0 amide bonds. The van der Waals surface area contributed by atoms with Crippen molar-refractivity contribution in [2.24, 2.45) is 0 Å². The molecule has 0 radical (unpaired) electrons. The van der Waals surface area contributed by atoms with Crippen LogP contribution in [0.4, 0.5) is 5.13 Å². The number of thiazole rings is 1. The summed E-state index contributed by atoms with van der Waals surface area (Å²) in [6.07, 6.45) is 4.00. The number of anilines is 1. The number of benzene rings is 1. The molecule has 2 aromatic heterocycles. The molecule has 7 heteroatoms. The molecule has 0 bridgehead atoms. The van der Waals surface area contributed by atoms with Crippen LogP contribution in [0.5, 0.6) is 11.5 Å². The Bertz CT molecular complexity index is 873. The molecule has 1 aliphatic rings. The van der Waals surface area contributed by atoms with E-state index in [-0.39, 0.29) is 0 Å². The summed E-state index contributed by atoms with van der Waals surface area (Å²) in [5.74, 6) is 1.78. The molecular formula is C20H24N4O2S. The maximum absolute atomic E-state index is 5.51. The summed E-state index contributed by atoms with van der Waals surface area (Å²) in [5, 5.41) is 4.56. The van der Waals surface area contributed by atoms with Crippen LogP contribution < -0.4 is 14.8 Å². The van der Waals surface area contributed by atoms with E-state index in [1.807, 2.05) is 30.5 Å². The number of methoxy groups -OCH3 is 2. The van der Waals surface area contributed by atoms with E-state index in [1.165, 1.54) is 5.56 Å². The molecule has 27 heavy (non-hydrogen) atoms. The van der Waals surface area contributed by atoms with E-state index in [2.05, 4.69) is 26.3 Å². The van der Waals surface area contributed by atoms with Crippen LogP contribution in [0.3, 0.4) is 0 Å². The molecule has 0 saturated carbocycles. The van der Waals surface area contributed by atoms with Gasteiger partial charge in [-0.3, -0.25) is 4.90 Å². The van der Waals surface area contributed by atoms with E-state index in [1.54, 1.807) is 25.6 Å². The highest BCUT2D eigenvalue weighted by atomic mass is 32.1. The zero-order valence-electron chi connectivity index (χ0n) is 15.6. The number of pyridine rings is 1. The summed E-state index contributed by atoms with van der Waals surface area (Å²) in [6.45, 7) is 2.96. The minimum absolute atomic E-state index is 0.453. The second-order valence-corrected chi connectivity index (χ2v) is 7.70. The maximum atomic E-state index is 5.51. The fourth-order valence-electron chi connectivity index (χ4n) is 3.49. The van der Waals surface area contributed by atoms with Crippen LogP contribution in [-0.2, 0) is 6.54 Å². The molecule has 6 nitrogen and oxygen atoms in total. The van der Waals surface area contributed by atoms with Crippen molar-refractivity contribution in [3.63, 3.8) is 0 Å². The quantitative estimate of drug-likeness (QED) is 0.698. The first-order valence-corrected chi connectivity index (χ1v) is 9.98. The van der Waals surface area contributed by atoms with E-state index in [0.29, 0.717) is 6.04 Å². The second kappa shape index (κ2) is 8.10. The number of aromatic nitrogens is 2. The molecule has 142 valence electrons. The van der Waals surface area contributed by atoms with Crippen molar-refractivity contribution in [1.29, 1.82) is 0 Å². The normalized spacial score (nSPS) is 15.8. The van der Waals surface area contributed by atoms with Gasteiger partial charge in [0, 0.05) is 37.4 Å². The van der Waals surface area contributed by atoms with Crippen LogP contribution in [0.1, 0.15) is 18.4 Å². The number of rotatable bonds is 6. The molecule has 4 rings (SSSR count). The third kappa shape index (κ3) is 4.14. The average Bonchev–Trinajstić information content (AvgIpc) is 3.11. The van der Waals surface area contributed by atoms with Gasteiger partial charge >= 0.3 is 0 Å². The molecular weight excluding hydrogens is 360 g/mol. The van der Waals surface area contributed by atoms with Crippen LogP contribution in [0, 0.1) is 0 Å². The Labute approximate surface area is 163 Å². The van der Waals surface area contributed by atoms with Gasteiger partial charge < -0.3 is 14.8 Å². The van der Waals surface area contributed by atoms with Crippen LogP contribution in [0.15, 0.2) is 36.5 Å². The first-order chi connectivity index (χ1) is 13.2. The summed E-state index contributed by atoms with van der Waals surface area (Å²) >= 11 is 1.63. The summed E-state index contributed by atoms with van der Waals surface area (Å²) in [5.41, 5.74) is 2.13. The lowest BCUT2D eigenvalue weighted by atomic mass is 10.0. The molecule has 1 aromatic carbocycles. The molecule has 1 fully saturated rings. The Balaban J connectivity index is 1.35. The van der Waals surface area contributed by atoms with Crippen molar-refractivity contribution in [2.45, 2.75) is 25.4 Å². The minimum Gasteiger partial charge on any atom is -0.497 e. The van der Waals surface area contributed by atoms with Crippen molar-refractivity contribution in [3.8, 4) is 11.5 Å². The smallest absolute Gasteiger partial charge is 0.185 e. The van der Waals surface area contributed by atoms with Gasteiger partial charge in [0.05, 0.1) is 14.2 Å². The van der Waals surface area contributed by atoms with Crippen molar-refractivity contribution in [2.75, 3.05) is 32.6 Å². The molecule has 1 saturated heterocycles. The number of likely N-dealkylation sites (tertiary alicyclic amines) is 1. The fraction of sp³-hybridized carbons (Fsp3) is 0.400. The molecule has 0 aliphatic carbocycles. The fourth-order valence-corrected chi connectivity index (χ4v) is 4.37. The number of hydrogen-bond donors (Lipinski definition) is 1. The Kier molecular flexibility index (Phi) is 5.40. The van der Waals surface area contributed by atoms with Crippen molar-refractivity contribution < 1.29 is 9.47 Å². The van der Waals surface area contributed by atoms with Crippen LogP contribution in [-0.4, -0.2) is 48.2 Å². The highest BCUT2D eigenvalue weighted by Gasteiger charge is 2.21. The Hall–Kier alpha value is -2.38. The lowest BCUT2D eigenvalue weighted by Gasteiger charge is -2.32.